The molecule has 1 fully saturated rings. The summed E-state index contributed by atoms with van der Waals surface area (Å²) in [6, 6.07) is 0. The van der Waals surface area contributed by atoms with Crippen molar-refractivity contribution in [2.24, 2.45) is 5.92 Å². The Bertz CT molecular complexity index is 494. The van der Waals surface area contributed by atoms with E-state index in [0.717, 1.165) is 19.5 Å². The summed E-state index contributed by atoms with van der Waals surface area (Å²) < 4.78 is 0. The second-order valence-corrected chi connectivity index (χ2v) is 5.60. The summed E-state index contributed by atoms with van der Waals surface area (Å²) in [5.74, 6) is 1.16. The van der Waals surface area contributed by atoms with Crippen molar-refractivity contribution in [3.63, 3.8) is 0 Å². The van der Waals surface area contributed by atoms with Crippen LogP contribution in [0.2, 0.25) is 5.02 Å². The van der Waals surface area contributed by atoms with Gasteiger partial charge in [0.1, 0.15) is 17.2 Å². The van der Waals surface area contributed by atoms with E-state index in [-0.39, 0.29) is 17.6 Å². The van der Waals surface area contributed by atoms with Crippen LogP contribution in [0.15, 0.2) is 6.33 Å². The van der Waals surface area contributed by atoms with Crippen molar-refractivity contribution < 1.29 is 4.79 Å². The van der Waals surface area contributed by atoms with Crippen LogP contribution in [0.3, 0.4) is 0 Å². The zero-order valence-corrected chi connectivity index (χ0v) is 12.6. The number of anilines is 2. The number of nitrogens with zero attached hydrogens (tertiary/aromatic N) is 4. The highest BCUT2D eigenvalue weighted by Crippen LogP contribution is 2.27. The van der Waals surface area contributed by atoms with Crippen molar-refractivity contribution >= 4 is 29.1 Å². The predicted octanol–water partition coefficient (Wildman–Crippen LogP) is 1.41. The lowest BCUT2D eigenvalue weighted by molar-refractivity contribution is -0.134. The number of nitrogen functional groups attached to an aromatic ring is 1. The summed E-state index contributed by atoms with van der Waals surface area (Å²) in [7, 11) is 0. The van der Waals surface area contributed by atoms with Gasteiger partial charge in [-0.2, -0.15) is 0 Å². The second-order valence-electron chi connectivity index (χ2n) is 5.22. The molecule has 0 spiro atoms. The molecule has 1 aliphatic heterocycles. The summed E-state index contributed by atoms with van der Waals surface area (Å²) in [6.45, 7) is 6.80. The third-order valence-corrected chi connectivity index (χ3v) is 3.76. The third-order valence-electron chi connectivity index (χ3n) is 3.40. The van der Waals surface area contributed by atoms with Gasteiger partial charge in [0.2, 0.25) is 5.91 Å². The van der Waals surface area contributed by atoms with Gasteiger partial charge in [0, 0.05) is 32.1 Å². The predicted molar refractivity (Wildman–Crippen MR) is 79.7 cm³/mol. The molecule has 110 valence electrons. The van der Waals surface area contributed by atoms with Crippen molar-refractivity contribution in [2.75, 3.05) is 36.8 Å². The van der Waals surface area contributed by atoms with Crippen LogP contribution >= 0.6 is 11.6 Å². The number of nitrogens with two attached hydrogens (primary N) is 1. The summed E-state index contributed by atoms with van der Waals surface area (Å²) in [6.07, 6.45) is 2.30. The molecule has 1 amide bonds. The van der Waals surface area contributed by atoms with E-state index >= 15 is 0 Å². The first-order chi connectivity index (χ1) is 9.50. The molecule has 0 aromatic carbocycles. The maximum Gasteiger partial charge on any atom is 0.225 e. The lowest BCUT2D eigenvalue weighted by Crippen LogP contribution is -2.37. The molecule has 0 atom stereocenters. The van der Waals surface area contributed by atoms with E-state index in [9.17, 15) is 4.79 Å². The first-order valence-corrected chi connectivity index (χ1v) is 7.18. The maximum atomic E-state index is 12.1. The van der Waals surface area contributed by atoms with Crippen LogP contribution in [0.1, 0.15) is 20.3 Å². The molecule has 20 heavy (non-hydrogen) atoms. The smallest absolute Gasteiger partial charge is 0.225 e. The highest BCUT2D eigenvalue weighted by molar-refractivity contribution is 6.35. The number of hydrogen-bond donors (Lipinski definition) is 1. The Kier molecular flexibility index (Phi) is 4.65. The molecule has 7 heteroatoms. The van der Waals surface area contributed by atoms with Gasteiger partial charge in [-0.1, -0.05) is 25.4 Å². The average Bonchev–Trinajstić information content (AvgIpc) is 2.66. The first-order valence-electron chi connectivity index (χ1n) is 6.80. The summed E-state index contributed by atoms with van der Waals surface area (Å²) in [5, 5.41) is 0.385. The fraction of sp³-hybridized carbons (Fsp3) is 0.615. The van der Waals surface area contributed by atoms with Gasteiger partial charge in [0.05, 0.1) is 0 Å². The molecule has 2 N–H and O–H groups in total. The summed E-state index contributed by atoms with van der Waals surface area (Å²) in [5.41, 5.74) is 5.71. The SMILES string of the molecule is CC(C)C(=O)N1CCCN(c2ncnc(N)c2Cl)CC1. The molecule has 0 aliphatic carbocycles. The zero-order valence-electron chi connectivity index (χ0n) is 11.8. The Morgan fingerprint density at radius 2 is 2.05 bits per heavy atom. The highest BCUT2D eigenvalue weighted by Gasteiger charge is 2.23. The van der Waals surface area contributed by atoms with Gasteiger partial charge in [0.25, 0.3) is 0 Å². The molecule has 1 aromatic rings. The normalized spacial score (nSPS) is 16.4. The Hall–Kier alpha value is -1.56. The van der Waals surface area contributed by atoms with Crippen molar-refractivity contribution in [3.05, 3.63) is 11.3 Å². The van der Waals surface area contributed by atoms with Crippen molar-refractivity contribution in [2.45, 2.75) is 20.3 Å². The van der Waals surface area contributed by atoms with E-state index in [2.05, 4.69) is 14.9 Å². The fourth-order valence-corrected chi connectivity index (χ4v) is 2.53. The lowest BCUT2D eigenvalue weighted by atomic mass is 10.2. The number of halogens is 1. The van der Waals surface area contributed by atoms with Crippen LogP contribution < -0.4 is 10.6 Å². The van der Waals surface area contributed by atoms with E-state index in [4.69, 9.17) is 17.3 Å². The number of aromatic nitrogens is 2. The molecular formula is C13H20ClN5O. The minimum Gasteiger partial charge on any atom is -0.382 e. The van der Waals surface area contributed by atoms with Crippen LogP contribution in [0.5, 0.6) is 0 Å². The van der Waals surface area contributed by atoms with Crippen LogP contribution in [-0.4, -0.2) is 47.0 Å². The van der Waals surface area contributed by atoms with Gasteiger partial charge in [-0.15, -0.1) is 0 Å². The summed E-state index contributed by atoms with van der Waals surface area (Å²) >= 11 is 6.16. The minimum absolute atomic E-state index is 0.0276. The number of amides is 1. The molecular weight excluding hydrogens is 278 g/mol. The van der Waals surface area contributed by atoms with Gasteiger partial charge in [-0.25, -0.2) is 9.97 Å². The van der Waals surface area contributed by atoms with Gasteiger partial charge in [-0.3, -0.25) is 4.79 Å². The van der Waals surface area contributed by atoms with E-state index in [1.165, 1.54) is 6.33 Å². The minimum atomic E-state index is 0.0276. The number of carbonyl (C=O) groups is 1. The van der Waals surface area contributed by atoms with Crippen LogP contribution in [0.4, 0.5) is 11.6 Å². The summed E-state index contributed by atoms with van der Waals surface area (Å²) in [4.78, 5) is 24.1. The van der Waals surface area contributed by atoms with Crippen molar-refractivity contribution in [1.29, 1.82) is 0 Å². The Balaban J connectivity index is 2.10. The Morgan fingerprint density at radius 1 is 1.30 bits per heavy atom. The largest absolute Gasteiger partial charge is 0.382 e. The average molecular weight is 298 g/mol. The maximum absolute atomic E-state index is 12.1. The number of carbonyl (C=O) groups excluding carboxylic acids is 1. The van der Waals surface area contributed by atoms with E-state index in [1.54, 1.807) is 0 Å². The van der Waals surface area contributed by atoms with Gasteiger partial charge < -0.3 is 15.5 Å². The van der Waals surface area contributed by atoms with Crippen molar-refractivity contribution in [1.82, 2.24) is 14.9 Å². The Morgan fingerprint density at radius 3 is 2.75 bits per heavy atom. The number of rotatable bonds is 2. The quantitative estimate of drug-likeness (QED) is 0.893. The molecule has 1 saturated heterocycles. The Labute approximate surface area is 123 Å². The van der Waals surface area contributed by atoms with E-state index < -0.39 is 0 Å². The molecule has 2 rings (SSSR count). The lowest BCUT2D eigenvalue weighted by Gasteiger charge is -2.24. The van der Waals surface area contributed by atoms with Crippen LogP contribution in [-0.2, 0) is 4.79 Å². The zero-order chi connectivity index (χ0) is 14.7. The molecule has 1 aromatic heterocycles. The molecule has 0 saturated carbocycles. The topological polar surface area (TPSA) is 75.4 Å². The fourth-order valence-electron chi connectivity index (χ4n) is 2.31. The molecule has 0 unspecified atom stereocenters. The molecule has 2 heterocycles. The monoisotopic (exact) mass is 297 g/mol. The molecule has 1 aliphatic rings. The first kappa shape index (κ1) is 14.8. The van der Waals surface area contributed by atoms with Crippen LogP contribution in [0.25, 0.3) is 0 Å². The van der Waals surface area contributed by atoms with Gasteiger partial charge >= 0.3 is 0 Å². The third kappa shape index (κ3) is 3.12. The molecule has 0 radical (unpaired) electrons. The van der Waals surface area contributed by atoms with Gasteiger partial charge in [-0.05, 0) is 6.42 Å². The number of hydrogen-bond acceptors (Lipinski definition) is 5. The molecule has 6 nitrogen and oxygen atoms in total. The second kappa shape index (κ2) is 6.26. The van der Waals surface area contributed by atoms with Gasteiger partial charge in [0.15, 0.2) is 5.82 Å². The van der Waals surface area contributed by atoms with E-state index in [0.29, 0.717) is 23.9 Å². The van der Waals surface area contributed by atoms with Crippen molar-refractivity contribution in [3.8, 4) is 0 Å². The van der Waals surface area contributed by atoms with E-state index in [1.807, 2.05) is 18.7 Å². The van der Waals surface area contributed by atoms with Crippen LogP contribution in [0, 0.1) is 5.92 Å². The highest BCUT2D eigenvalue weighted by atomic mass is 35.5. The molecule has 0 bridgehead atoms. The standard InChI is InChI=1S/C13H20ClN5O/c1-9(2)13(20)19-5-3-4-18(6-7-19)12-10(14)11(15)16-8-17-12/h8-9H,3-7H2,1-2H3,(H2,15,16,17).